The van der Waals surface area contributed by atoms with E-state index < -0.39 is 0 Å². The first-order valence-corrected chi connectivity index (χ1v) is 5.62. The van der Waals surface area contributed by atoms with Crippen molar-refractivity contribution in [3.8, 4) is 0 Å². The third kappa shape index (κ3) is 3.95. The van der Waals surface area contributed by atoms with Gasteiger partial charge < -0.3 is 15.0 Å². The average molecular weight is 200 g/mol. The van der Waals surface area contributed by atoms with Crippen molar-refractivity contribution in [2.45, 2.75) is 44.9 Å². The maximum absolute atomic E-state index is 5.52. The van der Waals surface area contributed by atoms with E-state index in [0.29, 0.717) is 18.2 Å². The zero-order valence-corrected chi connectivity index (χ0v) is 9.92. The van der Waals surface area contributed by atoms with Crippen LogP contribution in [0.15, 0.2) is 0 Å². The largest absolute Gasteiger partial charge is 0.377 e. The van der Waals surface area contributed by atoms with E-state index in [1.807, 2.05) is 0 Å². The van der Waals surface area contributed by atoms with Gasteiger partial charge in [-0.15, -0.1) is 0 Å². The van der Waals surface area contributed by atoms with E-state index in [2.05, 4.69) is 38.2 Å². The second-order valence-electron chi connectivity index (χ2n) is 4.63. The SMILES string of the molecule is CC(CCN(C)C)NC1CCOC1C. The summed E-state index contributed by atoms with van der Waals surface area (Å²) in [5.41, 5.74) is 0. The molecule has 0 aliphatic carbocycles. The summed E-state index contributed by atoms with van der Waals surface area (Å²) in [6.07, 6.45) is 2.75. The van der Waals surface area contributed by atoms with Crippen LogP contribution in [0.3, 0.4) is 0 Å². The Bertz CT molecular complexity index is 161. The van der Waals surface area contributed by atoms with Gasteiger partial charge in [-0.1, -0.05) is 0 Å². The fourth-order valence-electron chi connectivity index (χ4n) is 1.85. The topological polar surface area (TPSA) is 24.5 Å². The van der Waals surface area contributed by atoms with Crippen LogP contribution in [0.1, 0.15) is 26.7 Å². The van der Waals surface area contributed by atoms with Crippen molar-refractivity contribution in [2.24, 2.45) is 0 Å². The molecular weight excluding hydrogens is 176 g/mol. The van der Waals surface area contributed by atoms with Crippen molar-refractivity contribution >= 4 is 0 Å². The summed E-state index contributed by atoms with van der Waals surface area (Å²) in [4.78, 5) is 2.23. The molecule has 1 aliphatic heterocycles. The first-order valence-electron chi connectivity index (χ1n) is 5.62. The van der Waals surface area contributed by atoms with Crippen LogP contribution in [0.25, 0.3) is 0 Å². The van der Waals surface area contributed by atoms with Crippen LogP contribution in [0.4, 0.5) is 0 Å². The molecule has 0 radical (unpaired) electrons. The number of nitrogens with zero attached hydrogens (tertiary/aromatic N) is 1. The number of hydrogen-bond acceptors (Lipinski definition) is 3. The number of rotatable bonds is 5. The van der Waals surface area contributed by atoms with Gasteiger partial charge in [-0.05, 0) is 47.3 Å². The van der Waals surface area contributed by atoms with Crippen molar-refractivity contribution in [1.29, 1.82) is 0 Å². The Morgan fingerprint density at radius 3 is 2.71 bits per heavy atom. The highest BCUT2D eigenvalue weighted by molar-refractivity contribution is 4.81. The molecule has 1 saturated heterocycles. The fourth-order valence-corrected chi connectivity index (χ4v) is 1.85. The summed E-state index contributed by atoms with van der Waals surface area (Å²) in [7, 11) is 4.24. The van der Waals surface area contributed by atoms with Crippen LogP contribution in [0, 0.1) is 0 Å². The Hall–Kier alpha value is -0.120. The summed E-state index contributed by atoms with van der Waals surface area (Å²) < 4.78 is 5.52. The lowest BCUT2D eigenvalue weighted by molar-refractivity contribution is 0.111. The first-order chi connectivity index (χ1) is 6.59. The minimum Gasteiger partial charge on any atom is -0.377 e. The molecule has 3 unspecified atom stereocenters. The second kappa shape index (κ2) is 5.69. The normalized spacial score (nSPS) is 29.8. The van der Waals surface area contributed by atoms with Gasteiger partial charge in [0.15, 0.2) is 0 Å². The molecule has 3 atom stereocenters. The van der Waals surface area contributed by atoms with E-state index in [9.17, 15) is 0 Å². The van der Waals surface area contributed by atoms with E-state index in [-0.39, 0.29) is 0 Å². The molecule has 0 amide bonds. The lowest BCUT2D eigenvalue weighted by atomic mass is 10.1. The van der Waals surface area contributed by atoms with Crippen molar-refractivity contribution < 1.29 is 4.74 Å². The van der Waals surface area contributed by atoms with Gasteiger partial charge >= 0.3 is 0 Å². The summed E-state index contributed by atoms with van der Waals surface area (Å²) in [5, 5.41) is 3.63. The lowest BCUT2D eigenvalue weighted by Gasteiger charge is -2.22. The van der Waals surface area contributed by atoms with E-state index in [1.54, 1.807) is 0 Å². The standard InChI is InChI=1S/C11H24N2O/c1-9(5-7-13(3)4)12-11-6-8-14-10(11)2/h9-12H,5-8H2,1-4H3. The molecule has 0 bridgehead atoms. The minimum absolute atomic E-state index is 0.386. The molecule has 84 valence electrons. The fraction of sp³-hybridized carbons (Fsp3) is 1.00. The number of hydrogen-bond donors (Lipinski definition) is 1. The molecule has 1 N–H and O–H groups in total. The van der Waals surface area contributed by atoms with Crippen molar-refractivity contribution in [3.63, 3.8) is 0 Å². The summed E-state index contributed by atoms with van der Waals surface area (Å²) in [5.74, 6) is 0. The molecule has 14 heavy (non-hydrogen) atoms. The highest BCUT2D eigenvalue weighted by Gasteiger charge is 2.24. The average Bonchev–Trinajstić information content (AvgIpc) is 2.49. The van der Waals surface area contributed by atoms with Crippen LogP contribution < -0.4 is 5.32 Å². The van der Waals surface area contributed by atoms with Crippen LogP contribution in [-0.4, -0.2) is 50.3 Å². The second-order valence-corrected chi connectivity index (χ2v) is 4.63. The van der Waals surface area contributed by atoms with Crippen LogP contribution in [0.5, 0.6) is 0 Å². The van der Waals surface area contributed by atoms with Gasteiger partial charge in [-0.25, -0.2) is 0 Å². The first kappa shape index (κ1) is 12.0. The summed E-state index contributed by atoms with van der Waals surface area (Å²) in [6.45, 7) is 6.48. The minimum atomic E-state index is 0.386. The van der Waals surface area contributed by atoms with Gasteiger partial charge in [0.1, 0.15) is 0 Å². The third-order valence-corrected chi connectivity index (χ3v) is 2.88. The highest BCUT2D eigenvalue weighted by atomic mass is 16.5. The molecule has 3 nitrogen and oxygen atoms in total. The molecule has 0 aromatic rings. The molecule has 1 rings (SSSR count). The Kier molecular flexibility index (Phi) is 4.85. The Morgan fingerprint density at radius 2 is 2.21 bits per heavy atom. The van der Waals surface area contributed by atoms with Gasteiger partial charge in [-0.3, -0.25) is 0 Å². The molecule has 0 spiro atoms. The zero-order chi connectivity index (χ0) is 10.6. The van der Waals surface area contributed by atoms with Crippen LogP contribution in [-0.2, 0) is 4.74 Å². The number of nitrogens with one attached hydrogen (secondary N) is 1. The quantitative estimate of drug-likeness (QED) is 0.719. The van der Waals surface area contributed by atoms with E-state index >= 15 is 0 Å². The van der Waals surface area contributed by atoms with Crippen LogP contribution >= 0.6 is 0 Å². The maximum Gasteiger partial charge on any atom is 0.0700 e. The lowest BCUT2D eigenvalue weighted by Crippen LogP contribution is -2.41. The third-order valence-electron chi connectivity index (χ3n) is 2.88. The monoisotopic (exact) mass is 200 g/mol. The van der Waals surface area contributed by atoms with Crippen molar-refractivity contribution in [1.82, 2.24) is 10.2 Å². The predicted molar refractivity (Wildman–Crippen MR) is 59.6 cm³/mol. The van der Waals surface area contributed by atoms with E-state index in [0.717, 1.165) is 19.6 Å². The molecule has 1 aliphatic rings. The highest BCUT2D eigenvalue weighted by Crippen LogP contribution is 2.13. The molecule has 1 heterocycles. The van der Waals surface area contributed by atoms with Gasteiger partial charge in [0.25, 0.3) is 0 Å². The summed E-state index contributed by atoms with van der Waals surface area (Å²) >= 11 is 0. The summed E-state index contributed by atoms with van der Waals surface area (Å²) in [6, 6.07) is 1.15. The van der Waals surface area contributed by atoms with Gasteiger partial charge in [0, 0.05) is 18.7 Å². The van der Waals surface area contributed by atoms with Crippen molar-refractivity contribution in [2.75, 3.05) is 27.2 Å². The molecule has 0 saturated carbocycles. The van der Waals surface area contributed by atoms with Crippen LogP contribution in [0.2, 0.25) is 0 Å². The van der Waals surface area contributed by atoms with Gasteiger partial charge in [0.05, 0.1) is 6.10 Å². The molecule has 1 fully saturated rings. The van der Waals surface area contributed by atoms with Crippen molar-refractivity contribution in [3.05, 3.63) is 0 Å². The predicted octanol–water partition coefficient (Wildman–Crippen LogP) is 1.09. The Morgan fingerprint density at radius 1 is 1.50 bits per heavy atom. The molecule has 3 heteroatoms. The smallest absolute Gasteiger partial charge is 0.0700 e. The van der Waals surface area contributed by atoms with E-state index in [1.165, 1.54) is 6.42 Å². The number of ether oxygens (including phenoxy) is 1. The molecular formula is C11H24N2O. The van der Waals surface area contributed by atoms with Gasteiger partial charge in [-0.2, -0.15) is 0 Å². The zero-order valence-electron chi connectivity index (χ0n) is 9.92. The van der Waals surface area contributed by atoms with Gasteiger partial charge in [0.2, 0.25) is 0 Å². The maximum atomic E-state index is 5.52. The Balaban J connectivity index is 2.16. The molecule has 0 aromatic carbocycles. The van der Waals surface area contributed by atoms with E-state index in [4.69, 9.17) is 4.74 Å². The molecule has 0 aromatic heterocycles. The Labute approximate surface area is 87.8 Å².